The van der Waals surface area contributed by atoms with Crippen molar-refractivity contribution in [3.8, 4) is 11.4 Å². The lowest BCUT2D eigenvalue weighted by Crippen LogP contribution is -2.17. The molecule has 5 heteroatoms. The van der Waals surface area contributed by atoms with Crippen LogP contribution in [0.5, 0.6) is 0 Å². The first-order valence-corrected chi connectivity index (χ1v) is 6.94. The van der Waals surface area contributed by atoms with Crippen molar-refractivity contribution < 1.29 is 4.42 Å². The summed E-state index contributed by atoms with van der Waals surface area (Å²) < 4.78 is 5.35. The first-order valence-electron chi connectivity index (χ1n) is 6.56. The molecule has 0 bridgehead atoms. The van der Waals surface area contributed by atoms with E-state index in [2.05, 4.69) is 9.97 Å². The Morgan fingerprint density at radius 3 is 2.62 bits per heavy atom. The summed E-state index contributed by atoms with van der Waals surface area (Å²) in [4.78, 5) is 10.8. The third-order valence-electron chi connectivity index (χ3n) is 3.08. The zero-order valence-electron chi connectivity index (χ0n) is 11.5. The molecular weight excluding hydrogens is 286 g/mol. The van der Waals surface area contributed by atoms with Gasteiger partial charge in [-0.25, -0.2) is 9.97 Å². The van der Waals surface area contributed by atoms with Gasteiger partial charge in [-0.2, -0.15) is 0 Å². The molecule has 2 aromatic heterocycles. The van der Waals surface area contributed by atoms with E-state index in [0.29, 0.717) is 17.5 Å². The van der Waals surface area contributed by atoms with Gasteiger partial charge in [-0.15, -0.1) is 0 Å². The van der Waals surface area contributed by atoms with Crippen LogP contribution < -0.4 is 4.90 Å². The van der Waals surface area contributed by atoms with Crippen molar-refractivity contribution in [2.45, 2.75) is 6.54 Å². The molecule has 0 fully saturated rings. The minimum atomic E-state index is 0.421. The summed E-state index contributed by atoms with van der Waals surface area (Å²) in [6.07, 6.45) is 1.66. The molecule has 0 radical (unpaired) electrons. The lowest BCUT2D eigenvalue weighted by molar-refractivity contribution is 0.507. The molecular formula is C16H14ClN3O. The average molecular weight is 300 g/mol. The Bertz CT molecular complexity index is 714. The summed E-state index contributed by atoms with van der Waals surface area (Å²) in [5.74, 6) is 2.24. The van der Waals surface area contributed by atoms with Crippen LogP contribution >= 0.6 is 11.6 Å². The van der Waals surface area contributed by atoms with Gasteiger partial charge in [-0.05, 0) is 12.1 Å². The van der Waals surface area contributed by atoms with Gasteiger partial charge in [0.05, 0.1) is 12.8 Å². The molecule has 0 saturated carbocycles. The highest BCUT2D eigenvalue weighted by atomic mass is 35.5. The number of furan rings is 1. The molecule has 21 heavy (non-hydrogen) atoms. The summed E-state index contributed by atoms with van der Waals surface area (Å²) in [7, 11) is 1.94. The van der Waals surface area contributed by atoms with Crippen LogP contribution in [0.3, 0.4) is 0 Å². The fourth-order valence-corrected chi connectivity index (χ4v) is 2.21. The smallest absolute Gasteiger partial charge is 0.163 e. The maximum Gasteiger partial charge on any atom is 0.163 e. The van der Waals surface area contributed by atoms with E-state index in [1.54, 1.807) is 12.3 Å². The molecule has 0 aliphatic heterocycles. The summed E-state index contributed by atoms with van der Waals surface area (Å²) in [5.41, 5.74) is 0.938. The number of anilines is 1. The van der Waals surface area contributed by atoms with Crippen LogP contribution in [0, 0.1) is 0 Å². The molecule has 0 aliphatic rings. The Kier molecular flexibility index (Phi) is 3.88. The first kappa shape index (κ1) is 13.6. The number of hydrogen-bond donors (Lipinski definition) is 0. The van der Waals surface area contributed by atoms with Crippen LogP contribution in [0.4, 0.5) is 5.82 Å². The predicted molar refractivity (Wildman–Crippen MR) is 83.3 cm³/mol. The fourth-order valence-electron chi connectivity index (χ4n) is 2.03. The van der Waals surface area contributed by atoms with E-state index >= 15 is 0 Å². The SMILES string of the molecule is CN(Cc1ccco1)c1cc(Cl)nc(-c2ccccc2)n1. The second kappa shape index (κ2) is 5.97. The van der Waals surface area contributed by atoms with Gasteiger partial charge in [-0.3, -0.25) is 0 Å². The van der Waals surface area contributed by atoms with Crippen LogP contribution in [0.2, 0.25) is 5.15 Å². The van der Waals surface area contributed by atoms with Crippen LogP contribution in [-0.4, -0.2) is 17.0 Å². The predicted octanol–water partition coefficient (Wildman–Crippen LogP) is 4.03. The van der Waals surface area contributed by atoms with Crippen LogP contribution in [0.15, 0.2) is 59.2 Å². The Morgan fingerprint density at radius 2 is 1.90 bits per heavy atom. The monoisotopic (exact) mass is 299 g/mol. The number of halogens is 1. The van der Waals surface area contributed by atoms with Gasteiger partial charge < -0.3 is 9.32 Å². The van der Waals surface area contributed by atoms with E-state index in [4.69, 9.17) is 16.0 Å². The van der Waals surface area contributed by atoms with Crippen molar-refractivity contribution in [3.05, 3.63) is 65.7 Å². The van der Waals surface area contributed by atoms with Crippen molar-refractivity contribution in [1.29, 1.82) is 0 Å². The molecule has 4 nitrogen and oxygen atoms in total. The molecule has 3 aromatic rings. The average Bonchev–Trinajstić information content (AvgIpc) is 3.00. The van der Waals surface area contributed by atoms with Crippen LogP contribution in [-0.2, 0) is 6.54 Å². The minimum Gasteiger partial charge on any atom is -0.467 e. The second-order valence-electron chi connectivity index (χ2n) is 4.67. The fraction of sp³-hybridized carbons (Fsp3) is 0.125. The Morgan fingerprint density at radius 1 is 1.10 bits per heavy atom. The van der Waals surface area contributed by atoms with Gasteiger partial charge in [-0.1, -0.05) is 41.9 Å². The topological polar surface area (TPSA) is 42.2 Å². The van der Waals surface area contributed by atoms with E-state index in [0.717, 1.165) is 17.1 Å². The third kappa shape index (κ3) is 3.23. The molecule has 0 spiro atoms. The minimum absolute atomic E-state index is 0.421. The molecule has 0 atom stereocenters. The lowest BCUT2D eigenvalue weighted by Gasteiger charge is -2.17. The summed E-state index contributed by atoms with van der Waals surface area (Å²) >= 11 is 6.12. The number of benzene rings is 1. The van der Waals surface area contributed by atoms with E-state index in [-0.39, 0.29) is 0 Å². The van der Waals surface area contributed by atoms with Gasteiger partial charge in [0.15, 0.2) is 5.82 Å². The van der Waals surface area contributed by atoms with Crippen molar-refractivity contribution in [2.24, 2.45) is 0 Å². The van der Waals surface area contributed by atoms with Crippen molar-refractivity contribution in [3.63, 3.8) is 0 Å². The maximum absolute atomic E-state index is 6.12. The van der Waals surface area contributed by atoms with Crippen LogP contribution in [0.1, 0.15) is 5.76 Å². The van der Waals surface area contributed by atoms with Gasteiger partial charge in [0.25, 0.3) is 0 Å². The quantitative estimate of drug-likeness (QED) is 0.682. The van der Waals surface area contributed by atoms with E-state index in [9.17, 15) is 0 Å². The standard InChI is InChI=1S/C16H14ClN3O/c1-20(11-13-8-5-9-21-13)15-10-14(17)18-16(19-15)12-6-3-2-4-7-12/h2-10H,11H2,1H3. The Hall–Kier alpha value is -2.33. The number of nitrogens with zero attached hydrogens (tertiary/aromatic N) is 3. The van der Waals surface area contributed by atoms with Gasteiger partial charge in [0.2, 0.25) is 0 Å². The van der Waals surface area contributed by atoms with Gasteiger partial charge in [0.1, 0.15) is 16.7 Å². The second-order valence-corrected chi connectivity index (χ2v) is 5.06. The van der Waals surface area contributed by atoms with Crippen molar-refractivity contribution in [2.75, 3.05) is 11.9 Å². The normalized spacial score (nSPS) is 10.6. The van der Waals surface area contributed by atoms with Gasteiger partial charge >= 0.3 is 0 Å². The van der Waals surface area contributed by atoms with E-state index < -0.39 is 0 Å². The Labute approximate surface area is 128 Å². The molecule has 0 amide bonds. The first-order chi connectivity index (χ1) is 10.2. The summed E-state index contributed by atoms with van der Waals surface area (Å²) in [5, 5.41) is 0.421. The highest BCUT2D eigenvalue weighted by molar-refractivity contribution is 6.29. The number of rotatable bonds is 4. The molecule has 1 aromatic carbocycles. The molecule has 0 aliphatic carbocycles. The highest BCUT2D eigenvalue weighted by Gasteiger charge is 2.10. The molecule has 0 N–H and O–H groups in total. The number of aromatic nitrogens is 2. The zero-order valence-corrected chi connectivity index (χ0v) is 12.3. The van der Waals surface area contributed by atoms with E-state index in [1.807, 2.05) is 54.4 Å². The van der Waals surface area contributed by atoms with Crippen molar-refractivity contribution >= 4 is 17.4 Å². The number of hydrogen-bond acceptors (Lipinski definition) is 4. The van der Waals surface area contributed by atoms with Crippen molar-refractivity contribution in [1.82, 2.24) is 9.97 Å². The Balaban J connectivity index is 1.90. The molecule has 0 saturated heterocycles. The van der Waals surface area contributed by atoms with Gasteiger partial charge in [0, 0.05) is 18.7 Å². The third-order valence-corrected chi connectivity index (χ3v) is 3.27. The van der Waals surface area contributed by atoms with E-state index in [1.165, 1.54) is 0 Å². The largest absolute Gasteiger partial charge is 0.467 e. The summed E-state index contributed by atoms with van der Waals surface area (Å²) in [6, 6.07) is 15.3. The maximum atomic E-state index is 6.12. The van der Waals surface area contributed by atoms with Crippen LogP contribution in [0.25, 0.3) is 11.4 Å². The molecule has 2 heterocycles. The zero-order chi connectivity index (χ0) is 14.7. The summed E-state index contributed by atoms with van der Waals surface area (Å²) in [6.45, 7) is 0.620. The molecule has 3 rings (SSSR count). The highest BCUT2D eigenvalue weighted by Crippen LogP contribution is 2.22. The lowest BCUT2D eigenvalue weighted by atomic mass is 10.2. The molecule has 0 unspecified atom stereocenters. The molecule has 106 valence electrons.